The fourth-order valence-corrected chi connectivity index (χ4v) is 3.13. The van der Waals surface area contributed by atoms with Crippen molar-refractivity contribution in [3.05, 3.63) is 60.4 Å². The average molecular weight is 335 g/mol. The number of para-hydroxylation sites is 1. The van der Waals surface area contributed by atoms with Gasteiger partial charge < -0.3 is 9.64 Å². The molecular formula is C18H17N5O2. The van der Waals surface area contributed by atoms with Crippen molar-refractivity contribution in [2.45, 2.75) is 19.4 Å². The molecule has 0 saturated carbocycles. The van der Waals surface area contributed by atoms with Gasteiger partial charge in [0.05, 0.1) is 5.69 Å². The molecule has 2 heterocycles. The second kappa shape index (κ2) is 6.35. The summed E-state index contributed by atoms with van der Waals surface area (Å²) < 4.78 is 7.22. The highest BCUT2D eigenvalue weighted by Crippen LogP contribution is 2.31. The Labute approximate surface area is 144 Å². The predicted octanol–water partition coefficient (Wildman–Crippen LogP) is 2.02. The number of tetrazole rings is 1. The summed E-state index contributed by atoms with van der Waals surface area (Å²) in [5.74, 6) is 0.590. The van der Waals surface area contributed by atoms with E-state index in [0.29, 0.717) is 5.75 Å². The maximum absolute atomic E-state index is 12.6. The molecule has 0 fully saturated rings. The van der Waals surface area contributed by atoms with Gasteiger partial charge in [-0.3, -0.25) is 4.79 Å². The molecule has 4 rings (SSSR count). The van der Waals surface area contributed by atoms with Gasteiger partial charge in [-0.15, -0.1) is 5.10 Å². The van der Waals surface area contributed by atoms with E-state index < -0.39 is 0 Å². The molecule has 0 unspecified atom stereocenters. The normalized spacial score (nSPS) is 15.9. The second-order valence-electron chi connectivity index (χ2n) is 5.98. The number of nitrogens with zero attached hydrogens (tertiary/aromatic N) is 5. The Morgan fingerprint density at radius 1 is 1.20 bits per heavy atom. The number of fused-ring (bicyclic) bond motifs is 1. The monoisotopic (exact) mass is 335 g/mol. The summed E-state index contributed by atoms with van der Waals surface area (Å²) in [5, 5.41) is 11.0. The summed E-state index contributed by atoms with van der Waals surface area (Å²) in [7, 11) is 0. The topological polar surface area (TPSA) is 73.1 Å². The Hall–Kier alpha value is -3.22. The van der Waals surface area contributed by atoms with Crippen LogP contribution in [0.5, 0.6) is 5.75 Å². The van der Waals surface area contributed by atoms with Gasteiger partial charge in [0, 0.05) is 11.7 Å². The minimum atomic E-state index is -0.0398. The number of ether oxygens (including phenoxy) is 1. The van der Waals surface area contributed by atoms with E-state index in [-0.39, 0.29) is 18.6 Å². The zero-order chi connectivity index (χ0) is 17.2. The molecule has 1 amide bonds. The molecule has 0 saturated heterocycles. The number of carbonyl (C=O) groups is 1. The van der Waals surface area contributed by atoms with Crippen molar-refractivity contribution in [3.8, 4) is 11.4 Å². The molecule has 0 aliphatic carbocycles. The number of anilines is 1. The van der Waals surface area contributed by atoms with Gasteiger partial charge in [0.25, 0.3) is 5.91 Å². The molecule has 3 aromatic rings. The van der Waals surface area contributed by atoms with E-state index in [4.69, 9.17) is 4.74 Å². The molecule has 0 spiro atoms. The third-order valence-corrected chi connectivity index (χ3v) is 4.29. The summed E-state index contributed by atoms with van der Waals surface area (Å²) >= 11 is 0. The first kappa shape index (κ1) is 15.3. The molecule has 1 aromatic heterocycles. The largest absolute Gasteiger partial charge is 0.484 e. The van der Waals surface area contributed by atoms with E-state index in [9.17, 15) is 4.79 Å². The van der Waals surface area contributed by atoms with Crippen molar-refractivity contribution in [3.63, 3.8) is 0 Å². The van der Waals surface area contributed by atoms with Crippen molar-refractivity contribution in [1.29, 1.82) is 0 Å². The lowest BCUT2D eigenvalue weighted by Crippen LogP contribution is -2.39. The molecule has 7 nitrogen and oxygen atoms in total. The van der Waals surface area contributed by atoms with Crippen molar-refractivity contribution >= 4 is 11.6 Å². The molecule has 1 aliphatic heterocycles. The first-order valence-electron chi connectivity index (χ1n) is 8.08. The predicted molar refractivity (Wildman–Crippen MR) is 91.7 cm³/mol. The molecule has 2 aromatic carbocycles. The lowest BCUT2D eigenvalue weighted by Gasteiger charge is -2.22. The fraction of sp³-hybridized carbons (Fsp3) is 0.222. The van der Waals surface area contributed by atoms with Crippen LogP contribution in [0, 0.1) is 0 Å². The smallest absolute Gasteiger partial charge is 0.265 e. The minimum Gasteiger partial charge on any atom is -0.484 e. The van der Waals surface area contributed by atoms with Crippen molar-refractivity contribution < 1.29 is 9.53 Å². The Kier molecular flexibility index (Phi) is 3.89. The zero-order valence-corrected chi connectivity index (χ0v) is 13.7. The van der Waals surface area contributed by atoms with E-state index in [1.807, 2.05) is 35.2 Å². The Morgan fingerprint density at radius 2 is 2.00 bits per heavy atom. The van der Waals surface area contributed by atoms with Crippen LogP contribution in [0.4, 0.5) is 5.69 Å². The molecule has 1 aliphatic rings. The molecule has 0 bridgehead atoms. The molecule has 0 radical (unpaired) electrons. The molecule has 25 heavy (non-hydrogen) atoms. The number of amides is 1. The Morgan fingerprint density at radius 3 is 2.76 bits per heavy atom. The first-order chi connectivity index (χ1) is 12.2. The van der Waals surface area contributed by atoms with Crippen LogP contribution in [0.15, 0.2) is 54.9 Å². The third kappa shape index (κ3) is 2.96. The molecule has 0 N–H and O–H groups in total. The highest BCUT2D eigenvalue weighted by Gasteiger charge is 2.30. The van der Waals surface area contributed by atoms with Crippen LogP contribution in [0.3, 0.4) is 0 Å². The van der Waals surface area contributed by atoms with E-state index in [1.54, 1.807) is 16.8 Å². The number of hydrogen-bond donors (Lipinski definition) is 0. The zero-order valence-electron chi connectivity index (χ0n) is 13.7. The summed E-state index contributed by atoms with van der Waals surface area (Å²) in [6, 6.07) is 15.4. The van der Waals surface area contributed by atoms with Gasteiger partial charge >= 0.3 is 0 Å². The molecular weight excluding hydrogens is 318 g/mol. The summed E-state index contributed by atoms with van der Waals surface area (Å²) in [6.45, 7) is 2.06. The maximum atomic E-state index is 12.6. The van der Waals surface area contributed by atoms with Gasteiger partial charge in [-0.2, -0.15) is 0 Å². The number of hydrogen-bond acceptors (Lipinski definition) is 5. The SMILES string of the molecule is C[C@H]1Cc2ccccc2N1C(=O)COc1ccc(-n2cnnn2)cc1. The van der Waals surface area contributed by atoms with Crippen LogP contribution in [0.25, 0.3) is 5.69 Å². The lowest BCUT2D eigenvalue weighted by molar-refractivity contribution is -0.120. The summed E-state index contributed by atoms with van der Waals surface area (Å²) in [6.07, 6.45) is 2.40. The van der Waals surface area contributed by atoms with Crippen LogP contribution in [-0.4, -0.2) is 38.8 Å². The van der Waals surface area contributed by atoms with Crippen LogP contribution in [0.1, 0.15) is 12.5 Å². The van der Waals surface area contributed by atoms with Crippen LogP contribution >= 0.6 is 0 Å². The maximum Gasteiger partial charge on any atom is 0.265 e. The van der Waals surface area contributed by atoms with Crippen LogP contribution in [0.2, 0.25) is 0 Å². The van der Waals surface area contributed by atoms with Crippen molar-refractivity contribution in [2.75, 3.05) is 11.5 Å². The summed E-state index contributed by atoms with van der Waals surface area (Å²) in [5.41, 5.74) is 3.01. The standard InChI is InChI=1S/C18H17N5O2/c1-13-10-14-4-2-3-5-17(14)23(13)18(24)11-25-16-8-6-15(7-9-16)22-12-19-20-21-22/h2-9,12-13H,10-11H2,1H3/t13-/m0/s1. The quantitative estimate of drug-likeness (QED) is 0.729. The van der Waals surface area contributed by atoms with E-state index in [2.05, 4.69) is 28.5 Å². The van der Waals surface area contributed by atoms with Gasteiger partial charge in [-0.05, 0) is 59.7 Å². The van der Waals surface area contributed by atoms with Crippen LogP contribution < -0.4 is 9.64 Å². The van der Waals surface area contributed by atoms with Crippen LogP contribution in [-0.2, 0) is 11.2 Å². The Balaban J connectivity index is 1.42. The van der Waals surface area contributed by atoms with Gasteiger partial charge in [0.15, 0.2) is 6.61 Å². The molecule has 1 atom stereocenters. The van der Waals surface area contributed by atoms with E-state index in [1.165, 1.54) is 11.9 Å². The lowest BCUT2D eigenvalue weighted by atomic mass is 10.1. The fourth-order valence-electron chi connectivity index (χ4n) is 3.13. The van der Waals surface area contributed by atoms with Crippen molar-refractivity contribution in [2.24, 2.45) is 0 Å². The third-order valence-electron chi connectivity index (χ3n) is 4.29. The minimum absolute atomic E-state index is 0.00288. The number of aromatic nitrogens is 4. The number of rotatable bonds is 4. The molecule has 7 heteroatoms. The average Bonchev–Trinajstić information content (AvgIpc) is 3.27. The van der Waals surface area contributed by atoms with E-state index >= 15 is 0 Å². The van der Waals surface area contributed by atoms with Gasteiger partial charge in [-0.1, -0.05) is 18.2 Å². The molecule has 126 valence electrons. The highest BCUT2D eigenvalue weighted by atomic mass is 16.5. The van der Waals surface area contributed by atoms with Gasteiger partial charge in [0.1, 0.15) is 12.1 Å². The van der Waals surface area contributed by atoms with Gasteiger partial charge in [0.2, 0.25) is 0 Å². The van der Waals surface area contributed by atoms with Gasteiger partial charge in [-0.25, -0.2) is 4.68 Å². The number of carbonyl (C=O) groups excluding carboxylic acids is 1. The number of benzene rings is 2. The first-order valence-corrected chi connectivity index (χ1v) is 8.08. The highest BCUT2D eigenvalue weighted by molar-refractivity contribution is 5.97. The summed E-state index contributed by atoms with van der Waals surface area (Å²) in [4.78, 5) is 14.4. The van der Waals surface area contributed by atoms with Crippen molar-refractivity contribution in [1.82, 2.24) is 20.2 Å². The van der Waals surface area contributed by atoms with E-state index in [0.717, 1.165) is 17.8 Å². The Bertz CT molecular complexity index is 877. The second-order valence-corrected chi connectivity index (χ2v) is 5.98.